The van der Waals surface area contributed by atoms with Gasteiger partial charge in [-0.3, -0.25) is 9.78 Å². The average Bonchev–Trinajstić information content (AvgIpc) is 2.65. The van der Waals surface area contributed by atoms with Gasteiger partial charge in [0.25, 0.3) is 5.91 Å². The number of nitrogens with zero attached hydrogens (tertiary/aromatic N) is 1. The van der Waals surface area contributed by atoms with Crippen molar-refractivity contribution in [3.8, 4) is 0 Å². The number of fused-ring (bicyclic) bond motifs is 1. The van der Waals surface area contributed by atoms with Crippen molar-refractivity contribution in [1.29, 1.82) is 0 Å². The summed E-state index contributed by atoms with van der Waals surface area (Å²) in [5.41, 5.74) is 3.74. The van der Waals surface area contributed by atoms with E-state index in [2.05, 4.69) is 15.0 Å². The Kier molecular flexibility index (Phi) is 4.75. The fourth-order valence-electron chi connectivity index (χ4n) is 2.69. The molecule has 0 aliphatic carbocycles. The van der Waals surface area contributed by atoms with Crippen LogP contribution in [0.25, 0.3) is 10.9 Å². The first kappa shape index (κ1) is 16.6. The highest BCUT2D eigenvalue weighted by atomic mass is 16.5. The fourth-order valence-corrected chi connectivity index (χ4v) is 2.69. The van der Waals surface area contributed by atoms with Crippen molar-refractivity contribution in [2.24, 2.45) is 0 Å². The molecule has 3 rings (SSSR count). The van der Waals surface area contributed by atoms with Gasteiger partial charge in [0.1, 0.15) is 0 Å². The van der Waals surface area contributed by atoms with E-state index in [0.29, 0.717) is 17.7 Å². The van der Waals surface area contributed by atoms with Crippen LogP contribution in [0.4, 0.5) is 0 Å². The number of methoxy groups -OCH3 is 1. The first-order chi connectivity index (χ1) is 12.1. The van der Waals surface area contributed by atoms with Gasteiger partial charge in [0, 0.05) is 23.2 Å². The standard InChI is InChI=1S/C20H18N2O3/c1-13-11-16(17-5-3-4-6-18(17)22-13)12-21-19(23)14-7-9-15(10-8-14)20(24)25-2/h3-11H,12H2,1-2H3,(H,21,23). The molecule has 0 saturated carbocycles. The predicted molar refractivity (Wildman–Crippen MR) is 95.4 cm³/mol. The number of ether oxygens (including phenoxy) is 1. The number of benzene rings is 2. The quantitative estimate of drug-likeness (QED) is 0.744. The summed E-state index contributed by atoms with van der Waals surface area (Å²) in [6.07, 6.45) is 0. The number of aromatic nitrogens is 1. The van der Waals surface area contributed by atoms with E-state index in [1.807, 2.05) is 37.3 Å². The van der Waals surface area contributed by atoms with Crippen molar-refractivity contribution in [3.63, 3.8) is 0 Å². The predicted octanol–water partition coefficient (Wildman–Crippen LogP) is 3.26. The van der Waals surface area contributed by atoms with Crippen molar-refractivity contribution in [2.45, 2.75) is 13.5 Å². The van der Waals surface area contributed by atoms with Crippen LogP contribution in [-0.4, -0.2) is 24.0 Å². The van der Waals surface area contributed by atoms with Crippen LogP contribution in [0, 0.1) is 6.92 Å². The normalized spacial score (nSPS) is 10.5. The van der Waals surface area contributed by atoms with E-state index < -0.39 is 5.97 Å². The van der Waals surface area contributed by atoms with E-state index in [-0.39, 0.29) is 5.91 Å². The average molecular weight is 334 g/mol. The summed E-state index contributed by atoms with van der Waals surface area (Å²) in [5.74, 6) is -0.624. The second kappa shape index (κ2) is 7.13. The Morgan fingerprint density at radius 3 is 2.44 bits per heavy atom. The summed E-state index contributed by atoms with van der Waals surface area (Å²) in [6, 6.07) is 16.2. The molecule has 0 unspecified atom stereocenters. The molecule has 126 valence electrons. The molecule has 25 heavy (non-hydrogen) atoms. The molecular weight excluding hydrogens is 316 g/mol. The summed E-state index contributed by atoms with van der Waals surface area (Å²) in [5, 5.41) is 3.94. The molecule has 0 aliphatic rings. The number of nitrogens with one attached hydrogen (secondary N) is 1. The maximum Gasteiger partial charge on any atom is 0.337 e. The lowest BCUT2D eigenvalue weighted by molar-refractivity contribution is 0.0600. The van der Waals surface area contributed by atoms with Gasteiger partial charge in [-0.2, -0.15) is 0 Å². The van der Waals surface area contributed by atoms with Crippen LogP contribution in [-0.2, 0) is 11.3 Å². The smallest absolute Gasteiger partial charge is 0.337 e. The number of hydrogen-bond acceptors (Lipinski definition) is 4. The lowest BCUT2D eigenvalue weighted by atomic mass is 10.1. The number of amides is 1. The Morgan fingerprint density at radius 2 is 1.72 bits per heavy atom. The van der Waals surface area contributed by atoms with E-state index >= 15 is 0 Å². The van der Waals surface area contributed by atoms with Gasteiger partial charge in [0.05, 0.1) is 18.2 Å². The summed E-state index contributed by atoms with van der Waals surface area (Å²) >= 11 is 0. The molecule has 5 nitrogen and oxygen atoms in total. The Labute approximate surface area is 145 Å². The van der Waals surface area contributed by atoms with Crippen molar-refractivity contribution in [1.82, 2.24) is 10.3 Å². The molecular formula is C20H18N2O3. The van der Waals surface area contributed by atoms with E-state index in [1.54, 1.807) is 24.3 Å². The molecule has 0 bridgehead atoms. The largest absolute Gasteiger partial charge is 0.465 e. The Morgan fingerprint density at radius 1 is 1.04 bits per heavy atom. The number of rotatable bonds is 4. The second-order valence-electron chi connectivity index (χ2n) is 5.69. The Balaban J connectivity index is 1.75. The molecule has 1 aromatic heterocycles. The maximum atomic E-state index is 12.3. The van der Waals surface area contributed by atoms with E-state index in [0.717, 1.165) is 22.2 Å². The fraction of sp³-hybridized carbons (Fsp3) is 0.150. The molecule has 2 aromatic carbocycles. The number of hydrogen-bond donors (Lipinski definition) is 1. The molecule has 1 amide bonds. The van der Waals surface area contributed by atoms with Crippen molar-refractivity contribution in [2.75, 3.05) is 7.11 Å². The minimum atomic E-state index is -0.425. The van der Waals surface area contributed by atoms with Gasteiger partial charge in [0.15, 0.2) is 0 Å². The van der Waals surface area contributed by atoms with Gasteiger partial charge < -0.3 is 10.1 Å². The van der Waals surface area contributed by atoms with Crippen LogP contribution in [0.5, 0.6) is 0 Å². The molecule has 0 saturated heterocycles. The molecule has 0 fully saturated rings. The number of carbonyl (C=O) groups excluding carboxylic acids is 2. The van der Waals surface area contributed by atoms with E-state index in [4.69, 9.17) is 0 Å². The van der Waals surface area contributed by atoms with E-state index in [1.165, 1.54) is 7.11 Å². The maximum absolute atomic E-state index is 12.3. The van der Waals surface area contributed by atoms with Crippen LogP contribution in [0.15, 0.2) is 54.6 Å². The van der Waals surface area contributed by atoms with Gasteiger partial charge in [-0.05, 0) is 48.9 Å². The monoisotopic (exact) mass is 334 g/mol. The zero-order valence-corrected chi connectivity index (χ0v) is 14.1. The van der Waals surface area contributed by atoms with Crippen molar-refractivity contribution in [3.05, 3.63) is 77.0 Å². The van der Waals surface area contributed by atoms with Crippen molar-refractivity contribution >= 4 is 22.8 Å². The molecule has 3 aromatic rings. The zero-order chi connectivity index (χ0) is 17.8. The number of esters is 1. The molecule has 0 spiro atoms. The van der Waals surface area contributed by atoms with Gasteiger partial charge in [0.2, 0.25) is 0 Å². The third kappa shape index (κ3) is 3.66. The summed E-state index contributed by atoms with van der Waals surface area (Å²) in [7, 11) is 1.32. The highest BCUT2D eigenvalue weighted by molar-refractivity contribution is 5.96. The highest BCUT2D eigenvalue weighted by Gasteiger charge is 2.10. The Hall–Kier alpha value is -3.21. The topological polar surface area (TPSA) is 68.3 Å². The van der Waals surface area contributed by atoms with Crippen LogP contribution < -0.4 is 5.32 Å². The van der Waals surface area contributed by atoms with Gasteiger partial charge in [-0.25, -0.2) is 4.79 Å². The molecule has 0 aliphatic heterocycles. The first-order valence-corrected chi connectivity index (χ1v) is 7.90. The van der Waals surface area contributed by atoms with Crippen LogP contribution in [0.2, 0.25) is 0 Å². The van der Waals surface area contributed by atoms with E-state index in [9.17, 15) is 9.59 Å². The minimum absolute atomic E-state index is 0.199. The number of para-hydroxylation sites is 1. The summed E-state index contributed by atoms with van der Waals surface area (Å²) in [4.78, 5) is 28.3. The number of aryl methyl sites for hydroxylation is 1. The molecule has 1 N–H and O–H groups in total. The third-order valence-electron chi connectivity index (χ3n) is 3.94. The van der Waals surface area contributed by atoms with Crippen molar-refractivity contribution < 1.29 is 14.3 Å². The zero-order valence-electron chi connectivity index (χ0n) is 14.1. The molecule has 0 atom stereocenters. The third-order valence-corrected chi connectivity index (χ3v) is 3.94. The molecule has 0 radical (unpaired) electrons. The number of carbonyl (C=O) groups is 2. The van der Waals surface area contributed by atoms with Gasteiger partial charge in [-0.15, -0.1) is 0 Å². The summed E-state index contributed by atoms with van der Waals surface area (Å²) < 4.78 is 4.65. The van der Waals surface area contributed by atoms with Gasteiger partial charge >= 0.3 is 5.97 Å². The summed E-state index contributed by atoms with van der Waals surface area (Å²) in [6.45, 7) is 2.34. The molecule has 5 heteroatoms. The lowest BCUT2D eigenvalue weighted by Gasteiger charge is -2.10. The molecule has 1 heterocycles. The Bertz CT molecular complexity index is 933. The second-order valence-corrected chi connectivity index (χ2v) is 5.69. The number of pyridine rings is 1. The van der Waals surface area contributed by atoms with Crippen LogP contribution in [0.3, 0.4) is 0 Å². The first-order valence-electron chi connectivity index (χ1n) is 7.90. The highest BCUT2D eigenvalue weighted by Crippen LogP contribution is 2.18. The van der Waals surface area contributed by atoms with Crippen LogP contribution in [0.1, 0.15) is 32.0 Å². The lowest BCUT2D eigenvalue weighted by Crippen LogP contribution is -2.23. The van der Waals surface area contributed by atoms with Crippen LogP contribution >= 0.6 is 0 Å². The minimum Gasteiger partial charge on any atom is -0.465 e. The SMILES string of the molecule is COC(=O)c1ccc(C(=O)NCc2cc(C)nc3ccccc23)cc1. The van der Waals surface area contributed by atoms with Gasteiger partial charge in [-0.1, -0.05) is 18.2 Å².